The van der Waals surface area contributed by atoms with E-state index < -0.39 is 12.2 Å². The first-order chi connectivity index (χ1) is 6.13. The van der Waals surface area contributed by atoms with Crippen LogP contribution in [0.4, 0.5) is 0 Å². The SMILES string of the molecule is NCC(O)CC1CC=C(O)[C@@H](O)C1. The average Bonchev–Trinajstić information content (AvgIpc) is 2.11. The van der Waals surface area contributed by atoms with Crippen LogP contribution < -0.4 is 5.73 Å². The molecule has 0 spiro atoms. The van der Waals surface area contributed by atoms with Gasteiger partial charge in [0.2, 0.25) is 0 Å². The van der Waals surface area contributed by atoms with Crippen molar-refractivity contribution in [1.29, 1.82) is 0 Å². The quantitative estimate of drug-likeness (QED) is 0.497. The fourth-order valence-electron chi connectivity index (χ4n) is 1.63. The first kappa shape index (κ1) is 10.5. The summed E-state index contributed by atoms with van der Waals surface area (Å²) in [6, 6.07) is 0. The largest absolute Gasteiger partial charge is 0.510 e. The first-order valence-electron chi connectivity index (χ1n) is 4.58. The van der Waals surface area contributed by atoms with Gasteiger partial charge in [-0.3, -0.25) is 0 Å². The molecule has 13 heavy (non-hydrogen) atoms. The van der Waals surface area contributed by atoms with E-state index in [0.717, 1.165) is 0 Å². The second-order valence-electron chi connectivity index (χ2n) is 3.61. The minimum atomic E-state index is -0.760. The van der Waals surface area contributed by atoms with E-state index in [1.165, 1.54) is 0 Å². The highest BCUT2D eigenvalue weighted by Crippen LogP contribution is 2.26. The molecule has 1 aliphatic carbocycles. The van der Waals surface area contributed by atoms with Crippen molar-refractivity contribution in [2.75, 3.05) is 6.54 Å². The molecule has 4 nitrogen and oxygen atoms in total. The van der Waals surface area contributed by atoms with Crippen molar-refractivity contribution in [3.63, 3.8) is 0 Å². The van der Waals surface area contributed by atoms with Crippen molar-refractivity contribution >= 4 is 0 Å². The van der Waals surface area contributed by atoms with Crippen molar-refractivity contribution in [2.24, 2.45) is 11.7 Å². The molecule has 0 aliphatic heterocycles. The Bertz CT molecular complexity index is 193. The summed E-state index contributed by atoms with van der Waals surface area (Å²) < 4.78 is 0. The molecule has 0 radical (unpaired) electrons. The van der Waals surface area contributed by atoms with Crippen molar-refractivity contribution in [1.82, 2.24) is 0 Å². The zero-order valence-corrected chi connectivity index (χ0v) is 7.56. The predicted octanol–water partition coefficient (Wildman–Crippen LogP) is -0.0911. The lowest BCUT2D eigenvalue weighted by Gasteiger charge is -2.25. The topological polar surface area (TPSA) is 86.7 Å². The third kappa shape index (κ3) is 2.99. The summed E-state index contributed by atoms with van der Waals surface area (Å²) in [5.74, 6) is 0.280. The van der Waals surface area contributed by atoms with Gasteiger partial charge in [0.15, 0.2) is 0 Å². The summed E-state index contributed by atoms with van der Waals surface area (Å²) in [5.41, 5.74) is 5.27. The highest BCUT2D eigenvalue weighted by Gasteiger charge is 2.23. The third-order valence-electron chi connectivity index (χ3n) is 2.44. The summed E-state index contributed by atoms with van der Waals surface area (Å²) in [7, 11) is 0. The highest BCUT2D eigenvalue weighted by molar-refractivity contribution is 5.03. The molecule has 1 aliphatic rings. The lowest BCUT2D eigenvalue weighted by atomic mass is 9.87. The number of aliphatic hydroxyl groups is 3. The fourth-order valence-corrected chi connectivity index (χ4v) is 1.63. The van der Waals surface area contributed by atoms with Crippen LogP contribution in [0.2, 0.25) is 0 Å². The molecule has 1 rings (SSSR count). The third-order valence-corrected chi connectivity index (χ3v) is 2.44. The maximum absolute atomic E-state index is 9.30. The molecule has 0 aromatic rings. The van der Waals surface area contributed by atoms with Crippen LogP contribution in [0.3, 0.4) is 0 Å². The summed E-state index contributed by atoms with van der Waals surface area (Å²) in [4.78, 5) is 0. The Morgan fingerprint density at radius 2 is 2.31 bits per heavy atom. The number of hydrogen-bond donors (Lipinski definition) is 4. The van der Waals surface area contributed by atoms with E-state index in [9.17, 15) is 10.2 Å². The fraction of sp³-hybridized carbons (Fsp3) is 0.778. The van der Waals surface area contributed by atoms with Crippen LogP contribution in [0.25, 0.3) is 0 Å². The van der Waals surface area contributed by atoms with Gasteiger partial charge in [-0.15, -0.1) is 0 Å². The summed E-state index contributed by atoms with van der Waals surface area (Å²) >= 11 is 0. The summed E-state index contributed by atoms with van der Waals surface area (Å²) in [5, 5.41) is 27.7. The van der Waals surface area contributed by atoms with Crippen LogP contribution in [0.5, 0.6) is 0 Å². The summed E-state index contributed by atoms with van der Waals surface area (Å²) in [6.07, 6.45) is 2.17. The Labute approximate surface area is 77.7 Å². The van der Waals surface area contributed by atoms with Crippen molar-refractivity contribution in [3.8, 4) is 0 Å². The van der Waals surface area contributed by atoms with Crippen LogP contribution in [-0.2, 0) is 0 Å². The van der Waals surface area contributed by atoms with Gasteiger partial charge >= 0.3 is 0 Å². The van der Waals surface area contributed by atoms with E-state index in [2.05, 4.69) is 0 Å². The van der Waals surface area contributed by atoms with Gasteiger partial charge in [0.1, 0.15) is 11.9 Å². The second kappa shape index (κ2) is 4.60. The van der Waals surface area contributed by atoms with Crippen molar-refractivity contribution < 1.29 is 15.3 Å². The molecule has 0 aromatic carbocycles. The van der Waals surface area contributed by atoms with E-state index in [-0.39, 0.29) is 18.2 Å². The van der Waals surface area contributed by atoms with E-state index in [1.54, 1.807) is 6.08 Å². The minimum absolute atomic E-state index is 0.0542. The number of hydrogen-bond acceptors (Lipinski definition) is 4. The van der Waals surface area contributed by atoms with Gasteiger partial charge in [-0.2, -0.15) is 0 Å². The standard InChI is InChI=1S/C9H17NO3/c10-5-7(11)3-6-1-2-8(12)9(13)4-6/h2,6-7,9,11-13H,1,3-5,10H2/t6?,7?,9-/m0/s1. The number of allylic oxidation sites excluding steroid dienone is 1. The molecule has 0 amide bonds. The molecular formula is C9H17NO3. The van der Waals surface area contributed by atoms with Crippen LogP contribution >= 0.6 is 0 Å². The van der Waals surface area contributed by atoms with Crippen LogP contribution in [0, 0.1) is 5.92 Å². The van der Waals surface area contributed by atoms with Crippen molar-refractivity contribution in [2.45, 2.75) is 31.5 Å². The highest BCUT2D eigenvalue weighted by atomic mass is 16.3. The average molecular weight is 187 g/mol. The monoisotopic (exact) mass is 187 g/mol. The molecule has 4 heteroatoms. The molecule has 0 fully saturated rings. The number of aliphatic hydroxyl groups excluding tert-OH is 3. The zero-order chi connectivity index (χ0) is 9.84. The van der Waals surface area contributed by atoms with Gasteiger partial charge in [-0.05, 0) is 31.3 Å². The molecule has 0 saturated carbocycles. The summed E-state index contributed by atoms with van der Waals surface area (Å²) in [6.45, 7) is 0.252. The zero-order valence-electron chi connectivity index (χ0n) is 7.56. The van der Waals surface area contributed by atoms with Gasteiger partial charge in [0.05, 0.1) is 6.10 Å². The first-order valence-corrected chi connectivity index (χ1v) is 4.58. The Balaban J connectivity index is 2.39. The lowest BCUT2D eigenvalue weighted by molar-refractivity contribution is 0.0889. The van der Waals surface area contributed by atoms with Gasteiger partial charge in [-0.25, -0.2) is 0 Å². The smallest absolute Gasteiger partial charge is 0.117 e. The van der Waals surface area contributed by atoms with Gasteiger partial charge in [0.25, 0.3) is 0 Å². The Hall–Kier alpha value is -0.580. The minimum Gasteiger partial charge on any atom is -0.510 e. The van der Waals surface area contributed by atoms with Gasteiger partial charge < -0.3 is 21.1 Å². The van der Waals surface area contributed by atoms with Gasteiger partial charge in [0, 0.05) is 6.54 Å². The van der Waals surface area contributed by atoms with E-state index >= 15 is 0 Å². The lowest BCUT2D eigenvalue weighted by Crippen LogP contribution is -2.27. The normalized spacial score (nSPS) is 31.2. The molecule has 0 heterocycles. The molecule has 76 valence electrons. The number of rotatable bonds is 3. The maximum atomic E-state index is 9.30. The molecule has 5 N–H and O–H groups in total. The number of nitrogens with two attached hydrogens (primary N) is 1. The van der Waals surface area contributed by atoms with E-state index in [4.69, 9.17) is 10.8 Å². The Morgan fingerprint density at radius 3 is 2.85 bits per heavy atom. The Morgan fingerprint density at radius 1 is 1.62 bits per heavy atom. The molecule has 0 saturated heterocycles. The van der Waals surface area contributed by atoms with Crippen LogP contribution in [-0.4, -0.2) is 34.1 Å². The Kier molecular flexibility index (Phi) is 3.71. The van der Waals surface area contributed by atoms with E-state index in [1.807, 2.05) is 0 Å². The van der Waals surface area contributed by atoms with Crippen LogP contribution in [0.1, 0.15) is 19.3 Å². The van der Waals surface area contributed by atoms with Crippen molar-refractivity contribution in [3.05, 3.63) is 11.8 Å². The molecule has 2 unspecified atom stereocenters. The second-order valence-corrected chi connectivity index (χ2v) is 3.61. The van der Waals surface area contributed by atoms with E-state index in [0.29, 0.717) is 19.3 Å². The van der Waals surface area contributed by atoms with Gasteiger partial charge in [-0.1, -0.05) is 0 Å². The van der Waals surface area contributed by atoms with Crippen LogP contribution in [0.15, 0.2) is 11.8 Å². The predicted molar refractivity (Wildman–Crippen MR) is 49.1 cm³/mol. The molecular weight excluding hydrogens is 170 g/mol. The molecule has 0 bridgehead atoms. The molecule has 3 atom stereocenters. The maximum Gasteiger partial charge on any atom is 0.117 e. The molecule has 0 aromatic heterocycles.